The number of methoxy groups -OCH3 is 1. The van der Waals surface area contributed by atoms with Crippen molar-refractivity contribution in [3.05, 3.63) is 46.2 Å². The fourth-order valence-electron chi connectivity index (χ4n) is 1.84. The Bertz CT molecular complexity index is 682. The molecule has 0 saturated carbocycles. The fraction of sp³-hybridized carbons (Fsp3) is 0.200. The van der Waals surface area contributed by atoms with E-state index in [9.17, 15) is 18.4 Å². The van der Waals surface area contributed by atoms with Crippen LogP contribution >= 0.6 is 11.3 Å². The van der Waals surface area contributed by atoms with Crippen molar-refractivity contribution in [2.24, 2.45) is 0 Å². The van der Waals surface area contributed by atoms with Gasteiger partial charge in [-0.1, -0.05) is 0 Å². The quantitative estimate of drug-likeness (QED) is 0.850. The molecule has 0 unspecified atom stereocenters. The van der Waals surface area contributed by atoms with Crippen LogP contribution < -0.4 is 15.4 Å². The van der Waals surface area contributed by atoms with Crippen molar-refractivity contribution in [1.82, 2.24) is 5.32 Å². The first kappa shape index (κ1) is 16.9. The molecule has 122 valence electrons. The third-order valence-electron chi connectivity index (χ3n) is 2.91. The van der Waals surface area contributed by atoms with Crippen molar-refractivity contribution < 1.29 is 23.1 Å². The summed E-state index contributed by atoms with van der Waals surface area (Å²) < 4.78 is 31.6. The lowest BCUT2D eigenvalue weighted by molar-refractivity contribution is -0.116. The maximum absolute atomic E-state index is 13.5. The smallest absolute Gasteiger partial charge is 0.252 e. The largest absolute Gasteiger partial charge is 0.491 e. The van der Waals surface area contributed by atoms with E-state index in [0.717, 1.165) is 19.2 Å². The first-order valence-corrected chi connectivity index (χ1v) is 7.59. The minimum atomic E-state index is -0.909. The van der Waals surface area contributed by atoms with Crippen LogP contribution in [0.15, 0.2) is 29.0 Å². The maximum Gasteiger partial charge on any atom is 0.252 e. The zero-order chi connectivity index (χ0) is 16.8. The molecule has 1 aromatic carbocycles. The summed E-state index contributed by atoms with van der Waals surface area (Å²) in [6, 6.07) is 3.59. The summed E-state index contributed by atoms with van der Waals surface area (Å²) in [4.78, 5) is 23.4. The van der Waals surface area contributed by atoms with E-state index in [4.69, 9.17) is 0 Å². The number of anilines is 1. The summed E-state index contributed by atoms with van der Waals surface area (Å²) in [7, 11) is 1.15. The second-order valence-corrected chi connectivity index (χ2v) is 5.32. The zero-order valence-electron chi connectivity index (χ0n) is 12.2. The van der Waals surface area contributed by atoms with Gasteiger partial charge >= 0.3 is 0 Å². The Labute approximate surface area is 135 Å². The van der Waals surface area contributed by atoms with Crippen LogP contribution in [0.1, 0.15) is 16.8 Å². The summed E-state index contributed by atoms with van der Waals surface area (Å²) >= 11 is 1.39. The molecule has 0 atom stereocenters. The molecule has 2 rings (SSSR count). The van der Waals surface area contributed by atoms with Gasteiger partial charge in [0.2, 0.25) is 5.91 Å². The van der Waals surface area contributed by atoms with Crippen LogP contribution in [-0.2, 0) is 4.79 Å². The molecule has 2 amide bonds. The molecule has 8 heteroatoms. The van der Waals surface area contributed by atoms with E-state index < -0.39 is 23.3 Å². The van der Waals surface area contributed by atoms with Crippen molar-refractivity contribution in [2.45, 2.75) is 6.42 Å². The number of carbonyl (C=O) groups is 2. The SMILES string of the molecule is COc1c(F)cc(NC(=O)CCNC(=O)c2ccsc2)cc1F. The first-order chi connectivity index (χ1) is 11.0. The molecular formula is C15H14F2N2O3S. The molecule has 23 heavy (non-hydrogen) atoms. The van der Waals surface area contributed by atoms with Crippen molar-refractivity contribution >= 4 is 28.8 Å². The molecule has 0 saturated heterocycles. The van der Waals surface area contributed by atoms with Crippen molar-refractivity contribution in [3.63, 3.8) is 0 Å². The van der Waals surface area contributed by atoms with Gasteiger partial charge in [-0.05, 0) is 11.4 Å². The summed E-state index contributed by atoms with van der Waals surface area (Å²) in [5, 5.41) is 8.41. The number of halogens is 2. The van der Waals surface area contributed by atoms with Crippen molar-refractivity contribution in [3.8, 4) is 5.75 Å². The lowest BCUT2D eigenvalue weighted by Gasteiger charge is -2.09. The number of benzene rings is 1. The number of hydrogen-bond acceptors (Lipinski definition) is 4. The van der Waals surface area contributed by atoms with E-state index >= 15 is 0 Å². The average molecular weight is 340 g/mol. The van der Waals surface area contributed by atoms with Crippen molar-refractivity contribution in [2.75, 3.05) is 19.0 Å². The van der Waals surface area contributed by atoms with Crippen LogP contribution in [0.3, 0.4) is 0 Å². The summed E-state index contributed by atoms with van der Waals surface area (Å²) in [6.45, 7) is 0.113. The molecule has 0 spiro atoms. The topological polar surface area (TPSA) is 67.4 Å². The molecule has 0 bridgehead atoms. The Hall–Kier alpha value is -2.48. The number of ether oxygens (including phenoxy) is 1. The predicted molar refractivity (Wildman–Crippen MR) is 82.8 cm³/mol. The van der Waals surface area contributed by atoms with E-state index in [2.05, 4.69) is 15.4 Å². The summed E-state index contributed by atoms with van der Waals surface area (Å²) in [5.74, 6) is -3.08. The Balaban J connectivity index is 1.84. The molecule has 1 aromatic heterocycles. The van der Waals surface area contributed by atoms with Gasteiger partial charge in [-0.3, -0.25) is 9.59 Å². The molecule has 5 nitrogen and oxygen atoms in total. The van der Waals surface area contributed by atoms with Gasteiger partial charge in [0.05, 0.1) is 7.11 Å². The second-order valence-electron chi connectivity index (χ2n) is 4.54. The highest BCUT2D eigenvalue weighted by atomic mass is 32.1. The van der Waals surface area contributed by atoms with Gasteiger partial charge in [-0.15, -0.1) is 0 Å². The molecule has 0 fully saturated rings. The highest BCUT2D eigenvalue weighted by molar-refractivity contribution is 7.08. The Morgan fingerprint density at radius 3 is 2.52 bits per heavy atom. The van der Waals surface area contributed by atoms with Crippen LogP contribution in [0.25, 0.3) is 0 Å². The van der Waals surface area contributed by atoms with E-state index in [1.54, 1.807) is 16.8 Å². The standard InChI is InChI=1S/C15H14F2N2O3S/c1-22-14-11(16)6-10(7-12(14)17)19-13(20)2-4-18-15(21)9-3-5-23-8-9/h3,5-8H,2,4H2,1H3,(H,18,21)(H,19,20). The lowest BCUT2D eigenvalue weighted by atomic mass is 10.2. The molecular weight excluding hydrogens is 326 g/mol. The minimum Gasteiger partial charge on any atom is -0.491 e. The van der Waals surface area contributed by atoms with Gasteiger partial charge in [0, 0.05) is 41.7 Å². The normalized spacial score (nSPS) is 10.2. The number of rotatable bonds is 6. The number of hydrogen-bond donors (Lipinski definition) is 2. The van der Waals surface area contributed by atoms with Crippen LogP contribution in [0.2, 0.25) is 0 Å². The van der Waals surface area contributed by atoms with E-state index in [0.29, 0.717) is 5.56 Å². The average Bonchev–Trinajstić information content (AvgIpc) is 3.01. The van der Waals surface area contributed by atoms with Gasteiger partial charge in [0.1, 0.15) is 0 Å². The molecule has 1 heterocycles. The van der Waals surface area contributed by atoms with Crippen LogP contribution in [0.4, 0.5) is 14.5 Å². The highest BCUT2D eigenvalue weighted by Gasteiger charge is 2.13. The molecule has 2 N–H and O–H groups in total. The number of thiophene rings is 1. The summed E-state index contributed by atoms with van der Waals surface area (Å²) in [6.07, 6.45) is -0.0227. The molecule has 2 aromatic rings. The van der Waals surface area contributed by atoms with E-state index in [1.165, 1.54) is 11.3 Å². The number of nitrogens with one attached hydrogen (secondary N) is 2. The van der Waals surface area contributed by atoms with Crippen LogP contribution in [0.5, 0.6) is 5.75 Å². The Morgan fingerprint density at radius 2 is 1.96 bits per heavy atom. The Kier molecular flexibility index (Phi) is 5.64. The van der Waals surface area contributed by atoms with E-state index in [1.807, 2.05) is 0 Å². The molecule has 0 aliphatic rings. The maximum atomic E-state index is 13.5. The molecule has 0 radical (unpaired) electrons. The van der Waals surface area contributed by atoms with E-state index in [-0.39, 0.29) is 24.6 Å². The van der Waals surface area contributed by atoms with Crippen LogP contribution in [-0.4, -0.2) is 25.5 Å². The predicted octanol–water partition coefficient (Wildman–Crippen LogP) is 2.79. The minimum absolute atomic E-state index is 0.0186. The molecule has 0 aliphatic heterocycles. The monoisotopic (exact) mass is 340 g/mol. The number of carbonyl (C=O) groups excluding carboxylic acids is 2. The number of amides is 2. The second kappa shape index (κ2) is 7.68. The Morgan fingerprint density at radius 1 is 1.26 bits per heavy atom. The highest BCUT2D eigenvalue weighted by Crippen LogP contribution is 2.25. The van der Waals surface area contributed by atoms with Crippen molar-refractivity contribution in [1.29, 1.82) is 0 Å². The van der Waals surface area contributed by atoms with Crippen LogP contribution in [0, 0.1) is 11.6 Å². The molecule has 0 aliphatic carbocycles. The third-order valence-corrected chi connectivity index (χ3v) is 3.59. The fourth-order valence-corrected chi connectivity index (χ4v) is 2.47. The van der Waals surface area contributed by atoms with Gasteiger partial charge in [0.25, 0.3) is 5.91 Å². The summed E-state index contributed by atoms with van der Waals surface area (Å²) in [5.41, 5.74) is 0.504. The van der Waals surface area contributed by atoms with Gasteiger partial charge in [-0.25, -0.2) is 8.78 Å². The van der Waals surface area contributed by atoms with Gasteiger partial charge < -0.3 is 15.4 Å². The first-order valence-electron chi connectivity index (χ1n) is 6.64. The zero-order valence-corrected chi connectivity index (χ0v) is 13.0. The third kappa shape index (κ3) is 4.49. The lowest BCUT2D eigenvalue weighted by Crippen LogP contribution is -2.27. The van der Waals surface area contributed by atoms with Gasteiger partial charge in [0.15, 0.2) is 17.4 Å². The van der Waals surface area contributed by atoms with Gasteiger partial charge in [-0.2, -0.15) is 11.3 Å².